The lowest BCUT2D eigenvalue weighted by atomic mass is 10.2. The molecule has 0 spiro atoms. The zero-order chi connectivity index (χ0) is 23.3. The van der Waals surface area contributed by atoms with Gasteiger partial charge in [-0.1, -0.05) is 11.8 Å². The SMILES string of the molecule is COC(=O)c1ccc(NC(=O)CSC2=NC(=N)C(=NC(=O)c3ccc(Br)o3)C(=O)N2)cc1. The van der Waals surface area contributed by atoms with E-state index in [1.807, 2.05) is 0 Å². The Labute approximate surface area is 193 Å². The van der Waals surface area contributed by atoms with Crippen LogP contribution in [0.25, 0.3) is 0 Å². The normalized spacial score (nSPS) is 14.6. The second-order valence-corrected chi connectivity index (χ2v) is 7.74. The maximum atomic E-state index is 12.2. The number of rotatable bonds is 5. The van der Waals surface area contributed by atoms with Gasteiger partial charge >= 0.3 is 11.9 Å². The third-order valence-corrected chi connectivity index (χ3v) is 5.10. The molecule has 1 aliphatic rings. The number of furan rings is 1. The Morgan fingerprint density at radius 2 is 1.97 bits per heavy atom. The van der Waals surface area contributed by atoms with Gasteiger partial charge in [-0.05, 0) is 52.3 Å². The van der Waals surface area contributed by atoms with Crippen molar-refractivity contribution in [2.45, 2.75) is 0 Å². The van der Waals surface area contributed by atoms with E-state index in [9.17, 15) is 19.2 Å². The lowest BCUT2D eigenvalue weighted by Gasteiger charge is -2.14. The summed E-state index contributed by atoms with van der Waals surface area (Å²) in [6.07, 6.45) is 0. The number of amidine groups is 2. The number of amides is 3. The molecule has 0 atom stereocenters. The summed E-state index contributed by atoms with van der Waals surface area (Å²) in [4.78, 5) is 55.3. The molecule has 2 aromatic rings. The Kier molecular flexibility index (Phi) is 7.33. The summed E-state index contributed by atoms with van der Waals surface area (Å²) >= 11 is 3.94. The van der Waals surface area contributed by atoms with Crippen LogP contribution in [0.1, 0.15) is 20.9 Å². The fourth-order valence-corrected chi connectivity index (χ4v) is 3.31. The van der Waals surface area contributed by atoms with Gasteiger partial charge in [0.25, 0.3) is 5.91 Å². The first-order chi connectivity index (χ1) is 15.3. The molecule has 0 bridgehead atoms. The van der Waals surface area contributed by atoms with Gasteiger partial charge in [0.15, 0.2) is 27.1 Å². The topological polar surface area (TPSA) is 163 Å². The number of carbonyl (C=O) groups excluding carboxylic acids is 4. The van der Waals surface area contributed by atoms with Gasteiger partial charge in [-0.25, -0.2) is 9.79 Å². The van der Waals surface area contributed by atoms with Gasteiger partial charge < -0.3 is 14.5 Å². The monoisotopic (exact) mass is 519 g/mol. The second kappa shape index (κ2) is 10.2. The predicted octanol–water partition coefficient (Wildman–Crippen LogP) is 2.24. The fraction of sp³-hybridized carbons (Fsp3) is 0.105. The molecular weight excluding hydrogens is 506 g/mol. The molecule has 1 aromatic heterocycles. The van der Waals surface area contributed by atoms with Gasteiger partial charge in [-0.3, -0.25) is 25.1 Å². The van der Waals surface area contributed by atoms with E-state index in [0.29, 0.717) is 15.9 Å². The number of hydrogen-bond acceptors (Lipinski definition) is 8. The number of thioether (sulfide) groups is 1. The molecule has 0 unspecified atom stereocenters. The predicted molar refractivity (Wildman–Crippen MR) is 120 cm³/mol. The molecule has 0 aliphatic carbocycles. The maximum absolute atomic E-state index is 12.2. The van der Waals surface area contributed by atoms with E-state index < -0.39 is 35.2 Å². The molecule has 0 saturated heterocycles. The van der Waals surface area contributed by atoms with Gasteiger partial charge in [0.2, 0.25) is 5.91 Å². The third-order valence-electron chi connectivity index (χ3n) is 3.80. The molecule has 0 radical (unpaired) electrons. The van der Waals surface area contributed by atoms with Crippen molar-refractivity contribution in [1.29, 1.82) is 5.41 Å². The van der Waals surface area contributed by atoms with Crippen molar-refractivity contribution in [1.82, 2.24) is 5.32 Å². The summed E-state index contributed by atoms with van der Waals surface area (Å²) in [6, 6.07) is 8.96. The molecule has 3 amide bonds. The number of esters is 1. The Hall–Kier alpha value is -3.58. The number of ether oxygens (including phenoxy) is 1. The summed E-state index contributed by atoms with van der Waals surface area (Å²) in [6.45, 7) is 0. The Morgan fingerprint density at radius 3 is 2.56 bits per heavy atom. The maximum Gasteiger partial charge on any atom is 0.337 e. The first kappa shape index (κ1) is 23.1. The van der Waals surface area contributed by atoms with Crippen LogP contribution in [0, 0.1) is 5.41 Å². The highest BCUT2D eigenvalue weighted by atomic mass is 79.9. The summed E-state index contributed by atoms with van der Waals surface area (Å²) in [7, 11) is 1.27. The molecule has 13 heteroatoms. The number of anilines is 1. The first-order valence-electron chi connectivity index (χ1n) is 8.75. The van der Waals surface area contributed by atoms with Crippen LogP contribution in [-0.2, 0) is 14.3 Å². The van der Waals surface area contributed by atoms with Crippen molar-refractivity contribution in [2.75, 3.05) is 18.2 Å². The second-order valence-electron chi connectivity index (χ2n) is 5.99. The average Bonchev–Trinajstić information content (AvgIpc) is 3.21. The van der Waals surface area contributed by atoms with E-state index in [1.165, 1.54) is 31.4 Å². The van der Waals surface area contributed by atoms with Crippen LogP contribution >= 0.6 is 27.7 Å². The van der Waals surface area contributed by atoms with E-state index in [0.717, 1.165) is 11.8 Å². The fourth-order valence-electron chi connectivity index (χ4n) is 2.34. The van der Waals surface area contributed by atoms with Crippen LogP contribution in [-0.4, -0.2) is 53.3 Å². The van der Waals surface area contributed by atoms with Gasteiger partial charge in [0.05, 0.1) is 18.4 Å². The highest BCUT2D eigenvalue weighted by Gasteiger charge is 2.27. The van der Waals surface area contributed by atoms with Crippen molar-refractivity contribution in [2.24, 2.45) is 9.98 Å². The molecule has 0 saturated carbocycles. The standard InChI is InChI=1S/C19H14BrN5O6S/c1-30-18(29)9-2-4-10(5-3-9)22-13(26)8-32-19-24-15(21)14(17(28)25-19)23-16(27)11-6-7-12(20)31-11/h2-7H,8H2,1H3,(H,22,26)(H2,21,24,25,28). The smallest absolute Gasteiger partial charge is 0.337 e. The molecule has 11 nitrogen and oxygen atoms in total. The summed E-state index contributed by atoms with van der Waals surface area (Å²) < 4.78 is 9.99. The van der Waals surface area contributed by atoms with Crippen molar-refractivity contribution >= 4 is 73.8 Å². The van der Waals surface area contributed by atoms with Gasteiger partial charge in [0, 0.05) is 5.69 Å². The number of benzene rings is 1. The van der Waals surface area contributed by atoms with Gasteiger partial charge in [-0.2, -0.15) is 4.99 Å². The van der Waals surface area contributed by atoms with Crippen LogP contribution < -0.4 is 10.6 Å². The van der Waals surface area contributed by atoms with Gasteiger partial charge in [-0.15, -0.1) is 0 Å². The molecule has 1 aromatic carbocycles. The lowest BCUT2D eigenvalue weighted by molar-refractivity contribution is -0.114. The van der Waals surface area contributed by atoms with E-state index in [2.05, 4.69) is 41.3 Å². The number of aliphatic imine (C=N–C) groups is 2. The van der Waals surface area contributed by atoms with E-state index in [-0.39, 0.29) is 16.7 Å². The number of halogens is 1. The van der Waals surface area contributed by atoms with E-state index in [1.54, 1.807) is 12.1 Å². The minimum Gasteiger partial charge on any atom is -0.465 e. The van der Waals surface area contributed by atoms with Crippen LogP contribution in [0.2, 0.25) is 0 Å². The molecule has 3 N–H and O–H groups in total. The summed E-state index contributed by atoms with van der Waals surface area (Å²) in [5, 5.41) is 12.9. The number of carbonyl (C=O) groups is 4. The first-order valence-corrected chi connectivity index (χ1v) is 10.5. The Bertz CT molecular complexity index is 1170. The quantitative estimate of drug-likeness (QED) is 0.509. The minimum atomic E-state index is -0.838. The Balaban J connectivity index is 1.57. The van der Waals surface area contributed by atoms with Crippen molar-refractivity contribution in [3.05, 3.63) is 52.4 Å². The van der Waals surface area contributed by atoms with Crippen molar-refractivity contribution in [3.8, 4) is 0 Å². The van der Waals surface area contributed by atoms with Crippen LogP contribution in [0.4, 0.5) is 5.69 Å². The van der Waals surface area contributed by atoms with E-state index >= 15 is 0 Å². The Morgan fingerprint density at radius 1 is 1.25 bits per heavy atom. The van der Waals surface area contributed by atoms with Crippen LogP contribution in [0.15, 0.2) is 55.5 Å². The molecule has 32 heavy (non-hydrogen) atoms. The lowest BCUT2D eigenvalue weighted by Crippen LogP contribution is -2.43. The number of nitrogens with zero attached hydrogens (tertiary/aromatic N) is 2. The zero-order valence-electron chi connectivity index (χ0n) is 16.3. The van der Waals surface area contributed by atoms with Crippen molar-refractivity contribution in [3.63, 3.8) is 0 Å². The molecule has 2 heterocycles. The summed E-state index contributed by atoms with van der Waals surface area (Å²) in [5.41, 5.74) is 0.332. The number of hydrogen-bond donors (Lipinski definition) is 3. The number of methoxy groups -OCH3 is 1. The molecule has 1 aliphatic heterocycles. The van der Waals surface area contributed by atoms with E-state index in [4.69, 9.17) is 9.83 Å². The highest BCUT2D eigenvalue weighted by molar-refractivity contribution is 9.10. The molecule has 3 rings (SSSR count). The molecule has 164 valence electrons. The largest absolute Gasteiger partial charge is 0.465 e. The van der Waals surface area contributed by atoms with Gasteiger partial charge in [0.1, 0.15) is 0 Å². The third kappa shape index (κ3) is 5.76. The average molecular weight is 520 g/mol. The summed E-state index contributed by atoms with van der Waals surface area (Å²) in [5.74, 6) is -3.27. The highest BCUT2D eigenvalue weighted by Crippen LogP contribution is 2.16. The van der Waals surface area contributed by atoms with Crippen molar-refractivity contribution < 1.29 is 28.3 Å². The zero-order valence-corrected chi connectivity index (χ0v) is 18.7. The molecular formula is C19H14BrN5O6S. The van der Waals surface area contributed by atoms with Crippen LogP contribution in [0.3, 0.4) is 0 Å². The minimum absolute atomic E-state index is 0.0170. The molecule has 0 fully saturated rings. The van der Waals surface area contributed by atoms with Crippen LogP contribution in [0.5, 0.6) is 0 Å². The number of nitrogens with one attached hydrogen (secondary N) is 3.